The fraction of sp³-hybridized carbons (Fsp3) is 1.00. The third-order valence-corrected chi connectivity index (χ3v) is 3.52. The van der Waals surface area contributed by atoms with Gasteiger partial charge in [0.2, 0.25) is 0 Å². The number of nitrogens with one attached hydrogen (secondary N) is 1. The minimum Gasteiger partial charge on any atom is -0.396 e. The molecule has 1 saturated heterocycles. The van der Waals surface area contributed by atoms with E-state index in [4.69, 9.17) is 15.6 Å². The third kappa shape index (κ3) is 3.41. The summed E-state index contributed by atoms with van der Waals surface area (Å²) < 4.78 is 5.35. The Morgan fingerprint density at radius 1 is 1.40 bits per heavy atom. The molecule has 1 aliphatic heterocycles. The van der Waals surface area contributed by atoms with Gasteiger partial charge in [-0.05, 0) is 25.7 Å². The molecule has 0 aromatic heterocycles. The van der Waals surface area contributed by atoms with Crippen molar-refractivity contribution in [1.82, 2.24) is 5.32 Å². The maximum absolute atomic E-state index is 9.10. The molecule has 0 saturated carbocycles. The van der Waals surface area contributed by atoms with Crippen molar-refractivity contribution in [2.24, 2.45) is 11.7 Å². The van der Waals surface area contributed by atoms with Crippen molar-refractivity contribution in [3.63, 3.8) is 0 Å². The summed E-state index contributed by atoms with van der Waals surface area (Å²) in [6.45, 7) is 6.56. The van der Waals surface area contributed by atoms with E-state index in [2.05, 4.69) is 12.2 Å². The summed E-state index contributed by atoms with van der Waals surface area (Å²) in [6, 6.07) is 0.289. The maximum atomic E-state index is 9.10. The van der Waals surface area contributed by atoms with Crippen molar-refractivity contribution >= 4 is 0 Å². The van der Waals surface area contributed by atoms with Crippen molar-refractivity contribution in [3.05, 3.63) is 0 Å². The highest BCUT2D eigenvalue weighted by Gasteiger charge is 2.33. The number of hydrogen-bond acceptors (Lipinski definition) is 4. The molecule has 4 N–H and O–H groups in total. The summed E-state index contributed by atoms with van der Waals surface area (Å²) in [5.41, 5.74) is 5.86. The van der Waals surface area contributed by atoms with Gasteiger partial charge < -0.3 is 20.9 Å². The minimum absolute atomic E-state index is 0.0150. The molecular weight excluding hydrogens is 192 g/mol. The zero-order valence-electron chi connectivity index (χ0n) is 9.83. The molecule has 0 amide bonds. The fourth-order valence-corrected chi connectivity index (χ4v) is 1.95. The quantitative estimate of drug-likeness (QED) is 0.610. The number of rotatable bonds is 5. The number of ether oxygens (including phenoxy) is 1. The standard InChI is InChI=1S/C11H24N2O2/c1-9(7-14)10(2)13-11(8-12)3-5-15-6-4-11/h9-10,13-14H,3-8,12H2,1-2H3. The van der Waals surface area contributed by atoms with Gasteiger partial charge in [0.1, 0.15) is 0 Å². The van der Waals surface area contributed by atoms with Crippen molar-refractivity contribution in [2.45, 2.75) is 38.3 Å². The Kier molecular flexibility index (Phi) is 4.99. The molecule has 1 rings (SSSR count). The Labute approximate surface area is 92.2 Å². The van der Waals surface area contributed by atoms with Crippen LogP contribution < -0.4 is 11.1 Å². The summed E-state index contributed by atoms with van der Waals surface area (Å²) in [7, 11) is 0. The highest BCUT2D eigenvalue weighted by Crippen LogP contribution is 2.21. The van der Waals surface area contributed by atoms with Crippen LogP contribution in [-0.2, 0) is 4.74 Å². The zero-order chi connectivity index (χ0) is 11.3. The average molecular weight is 216 g/mol. The average Bonchev–Trinajstić information content (AvgIpc) is 2.29. The van der Waals surface area contributed by atoms with Crippen molar-refractivity contribution in [2.75, 3.05) is 26.4 Å². The van der Waals surface area contributed by atoms with Gasteiger partial charge in [-0.3, -0.25) is 0 Å². The van der Waals surface area contributed by atoms with Crippen LogP contribution in [0.1, 0.15) is 26.7 Å². The molecule has 1 fully saturated rings. The van der Waals surface area contributed by atoms with E-state index in [1.54, 1.807) is 0 Å². The predicted molar refractivity (Wildman–Crippen MR) is 60.7 cm³/mol. The van der Waals surface area contributed by atoms with Gasteiger partial charge in [0.25, 0.3) is 0 Å². The minimum atomic E-state index is 0.0150. The third-order valence-electron chi connectivity index (χ3n) is 3.52. The van der Waals surface area contributed by atoms with Crippen LogP contribution in [-0.4, -0.2) is 43.1 Å². The molecule has 0 aromatic carbocycles. The Morgan fingerprint density at radius 3 is 2.47 bits per heavy atom. The van der Waals surface area contributed by atoms with Gasteiger partial charge in [0.05, 0.1) is 0 Å². The van der Waals surface area contributed by atoms with E-state index in [1.165, 1.54) is 0 Å². The van der Waals surface area contributed by atoms with Gasteiger partial charge in [-0.1, -0.05) is 6.92 Å². The first-order valence-corrected chi connectivity index (χ1v) is 5.80. The van der Waals surface area contributed by atoms with E-state index in [9.17, 15) is 0 Å². The van der Waals surface area contributed by atoms with Crippen LogP contribution in [0, 0.1) is 5.92 Å². The lowest BCUT2D eigenvalue weighted by molar-refractivity contribution is 0.0323. The van der Waals surface area contributed by atoms with Gasteiger partial charge in [-0.2, -0.15) is 0 Å². The van der Waals surface area contributed by atoms with Gasteiger partial charge >= 0.3 is 0 Å². The fourth-order valence-electron chi connectivity index (χ4n) is 1.95. The van der Waals surface area contributed by atoms with E-state index in [0.29, 0.717) is 6.54 Å². The van der Waals surface area contributed by atoms with Crippen LogP contribution in [0.3, 0.4) is 0 Å². The first-order chi connectivity index (χ1) is 7.13. The highest BCUT2D eigenvalue weighted by molar-refractivity contribution is 4.93. The van der Waals surface area contributed by atoms with Crippen LogP contribution in [0.25, 0.3) is 0 Å². The predicted octanol–water partition coefficient (Wildman–Crippen LogP) is 0.101. The molecule has 2 atom stereocenters. The number of aliphatic hydroxyl groups is 1. The molecule has 0 bridgehead atoms. The van der Waals surface area contributed by atoms with Gasteiger partial charge in [0.15, 0.2) is 0 Å². The largest absolute Gasteiger partial charge is 0.396 e. The van der Waals surface area contributed by atoms with Gasteiger partial charge in [-0.15, -0.1) is 0 Å². The van der Waals surface area contributed by atoms with Gasteiger partial charge in [-0.25, -0.2) is 0 Å². The summed E-state index contributed by atoms with van der Waals surface area (Å²) in [6.07, 6.45) is 1.93. The summed E-state index contributed by atoms with van der Waals surface area (Å²) >= 11 is 0. The van der Waals surface area contributed by atoms with Crippen molar-refractivity contribution in [3.8, 4) is 0 Å². The molecule has 90 valence electrons. The molecule has 0 spiro atoms. The summed E-state index contributed by atoms with van der Waals surface area (Å²) in [5, 5.41) is 12.7. The van der Waals surface area contributed by atoms with E-state index in [0.717, 1.165) is 26.1 Å². The Balaban J connectivity index is 2.51. The van der Waals surface area contributed by atoms with E-state index < -0.39 is 0 Å². The zero-order valence-corrected chi connectivity index (χ0v) is 9.83. The molecule has 15 heavy (non-hydrogen) atoms. The lowest BCUT2D eigenvalue weighted by atomic mass is 9.88. The monoisotopic (exact) mass is 216 g/mol. The molecule has 1 aliphatic rings. The molecule has 0 aromatic rings. The van der Waals surface area contributed by atoms with Crippen LogP contribution in [0.15, 0.2) is 0 Å². The van der Waals surface area contributed by atoms with E-state index >= 15 is 0 Å². The van der Waals surface area contributed by atoms with E-state index in [-0.39, 0.29) is 24.1 Å². The second-order valence-corrected chi connectivity index (χ2v) is 4.69. The molecule has 2 unspecified atom stereocenters. The highest BCUT2D eigenvalue weighted by atomic mass is 16.5. The van der Waals surface area contributed by atoms with E-state index in [1.807, 2.05) is 6.92 Å². The van der Waals surface area contributed by atoms with Crippen molar-refractivity contribution < 1.29 is 9.84 Å². The van der Waals surface area contributed by atoms with Crippen LogP contribution >= 0.6 is 0 Å². The topological polar surface area (TPSA) is 67.5 Å². The summed E-state index contributed by atoms with van der Waals surface area (Å²) in [4.78, 5) is 0. The lowest BCUT2D eigenvalue weighted by Gasteiger charge is -2.40. The smallest absolute Gasteiger partial charge is 0.0484 e. The molecule has 4 nitrogen and oxygen atoms in total. The number of nitrogens with two attached hydrogens (primary N) is 1. The lowest BCUT2D eigenvalue weighted by Crippen LogP contribution is -2.58. The van der Waals surface area contributed by atoms with Crippen LogP contribution in [0.5, 0.6) is 0 Å². The molecular formula is C11H24N2O2. The first-order valence-electron chi connectivity index (χ1n) is 5.80. The normalized spacial score (nSPS) is 24.8. The molecule has 4 heteroatoms. The summed E-state index contributed by atoms with van der Waals surface area (Å²) in [5.74, 6) is 0.260. The van der Waals surface area contributed by atoms with Gasteiger partial charge in [0, 0.05) is 37.9 Å². The van der Waals surface area contributed by atoms with Crippen LogP contribution in [0.4, 0.5) is 0 Å². The molecule has 0 aliphatic carbocycles. The number of aliphatic hydroxyl groups excluding tert-OH is 1. The Hall–Kier alpha value is -0.160. The molecule has 1 heterocycles. The maximum Gasteiger partial charge on any atom is 0.0484 e. The van der Waals surface area contributed by atoms with Crippen LogP contribution in [0.2, 0.25) is 0 Å². The second kappa shape index (κ2) is 5.80. The molecule has 0 radical (unpaired) electrons. The number of hydrogen-bond donors (Lipinski definition) is 3. The Bertz CT molecular complexity index is 181. The second-order valence-electron chi connectivity index (χ2n) is 4.69. The Morgan fingerprint density at radius 2 is 2.00 bits per heavy atom. The SMILES string of the molecule is CC(CO)C(C)NC1(CN)CCOCC1. The van der Waals surface area contributed by atoms with Crippen molar-refractivity contribution in [1.29, 1.82) is 0 Å². The first kappa shape index (κ1) is 12.9.